The van der Waals surface area contributed by atoms with Gasteiger partial charge in [-0.15, -0.1) is 0 Å². The molecule has 0 aliphatic heterocycles. The summed E-state index contributed by atoms with van der Waals surface area (Å²) >= 11 is 0. The lowest BCUT2D eigenvalue weighted by Gasteiger charge is -2.15. The second kappa shape index (κ2) is 9.46. The Morgan fingerprint density at radius 1 is 0.767 bits per heavy atom. The van der Waals surface area contributed by atoms with Crippen molar-refractivity contribution in [2.24, 2.45) is 0 Å². The Bertz CT molecular complexity index is 999. The number of methoxy groups -OCH3 is 3. The maximum atomic E-state index is 11.1. The highest BCUT2D eigenvalue weighted by Crippen LogP contribution is 2.40. The largest absolute Gasteiger partial charge is 0.493 e. The van der Waals surface area contributed by atoms with Gasteiger partial charge >= 0.3 is 0 Å². The Morgan fingerprint density at radius 3 is 1.80 bits per heavy atom. The number of rotatable bonds is 8. The van der Waals surface area contributed by atoms with Gasteiger partial charge in [-0.1, -0.05) is 0 Å². The molecule has 0 radical (unpaired) electrons. The molecule has 1 aromatic heterocycles. The summed E-state index contributed by atoms with van der Waals surface area (Å²) in [6.45, 7) is 1.47. The van der Waals surface area contributed by atoms with Crippen molar-refractivity contribution in [3.8, 4) is 17.2 Å². The van der Waals surface area contributed by atoms with Crippen LogP contribution < -0.4 is 30.2 Å². The molecule has 0 bridgehead atoms. The summed E-state index contributed by atoms with van der Waals surface area (Å²) in [4.78, 5) is 19.6. The van der Waals surface area contributed by atoms with Crippen molar-refractivity contribution in [3.63, 3.8) is 0 Å². The lowest BCUT2D eigenvalue weighted by molar-refractivity contribution is -0.114. The maximum Gasteiger partial charge on any atom is 0.221 e. The standard InChI is InChI=1S/C21H23N5O4/c1-13(27)24-14-5-7-15(8-6-14)25-19-11-20(23-12-22-19)26-16-9-17(28-2)21(30-4)18(10-16)29-3/h5-12H,1-4H3,(H,24,27)(H2,22,23,25,26). The summed E-state index contributed by atoms with van der Waals surface area (Å²) in [7, 11) is 4.68. The second-order valence-electron chi connectivity index (χ2n) is 6.21. The number of hydrogen-bond donors (Lipinski definition) is 3. The Labute approximate surface area is 174 Å². The second-order valence-corrected chi connectivity index (χ2v) is 6.21. The van der Waals surface area contributed by atoms with Crippen molar-refractivity contribution in [1.82, 2.24) is 9.97 Å². The van der Waals surface area contributed by atoms with Crippen LogP contribution in [0.3, 0.4) is 0 Å². The van der Waals surface area contributed by atoms with Crippen LogP contribution >= 0.6 is 0 Å². The van der Waals surface area contributed by atoms with Gasteiger partial charge in [0.05, 0.1) is 21.3 Å². The van der Waals surface area contributed by atoms with Crippen molar-refractivity contribution < 1.29 is 19.0 Å². The molecular formula is C21H23N5O4. The zero-order valence-electron chi connectivity index (χ0n) is 17.1. The van der Waals surface area contributed by atoms with Crippen LogP contribution in [0.2, 0.25) is 0 Å². The van der Waals surface area contributed by atoms with Crippen molar-refractivity contribution in [2.45, 2.75) is 6.92 Å². The minimum atomic E-state index is -0.117. The lowest BCUT2D eigenvalue weighted by atomic mass is 10.2. The fourth-order valence-corrected chi connectivity index (χ4v) is 2.78. The number of benzene rings is 2. The molecule has 0 aliphatic rings. The smallest absolute Gasteiger partial charge is 0.221 e. The summed E-state index contributed by atoms with van der Waals surface area (Å²) in [5.41, 5.74) is 2.26. The monoisotopic (exact) mass is 409 g/mol. The van der Waals surface area contributed by atoms with Crippen LogP contribution in [0.15, 0.2) is 48.8 Å². The predicted octanol–water partition coefficient (Wildman–Crippen LogP) is 3.95. The van der Waals surface area contributed by atoms with Gasteiger partial charge in [0.2, 0.25) is 11.7 Å². The highest BCUT2D eigenvalue weighted by molar-refractivity contribution is 5.88. The average molecular weight is 409 g/mol. The van der Waals surface area contributed by atoms with E-state index in [-0.39, 0.29) is 5.91 Å². The summed E-state index contributed by atoms with van der Waals surface area (Å²) in [6.07, 6.45) is 1.45. The van der Waals surface area contributed by atoms with Crippen LogP contribution in [0.4, 0.5) is 28.7 Å². The van der Waals surface area contributed by atoms with Gasteiger partial charge in [-0.25, -0.2) is 9.97 Å². The van der Waals surface area contributed by atoms with Gasteiger partial charge in [-0.05, 0) is 24.3 Å². The van der Waals surface area contributed by atoms with Crippen LogP contribution in [0, 0.1) is 0 Å². The fraction of sp³-hybridized carbons (Fsp3) is 0.190. The van der Waals surface area contributed by atoms with E-state index in [9.17, 15) is 4.79 Å². The summed E-state index contributed by atoms with van der Waals surface area (Å²) in [6, 6.07) is 12.7. The maximum absolute atomic E-state index is 11.1. The number of nitrogens with zero attached hydrogens (tertiary/aromatic N) is 2. The topological polar surface area (TPSA) is 107 Å². The van der Waals surface area contributed by atoms with Gasteiger partial charge in [-0.3, -0.25) is 4.79 Å². The van der Waals surface area contributed by atoms with Crippen molar-refractivity contribution >= 4 is 34.6 Å². The van der Waals surface area contributed by atoms with Crippen LogP contribution in [0.1, 0.15) is 6.92 Å². The molecule has 30 heavy (non-hydrogen) atoms. The average Bonchev–Trinajstić information content (AvgIpc) is 2.74. The lowest BCUT2D eigenvalue weighted by Crippen LogP contribution is -2.05. The van der Waals surface area contributed by atoms with Crippen LogP contribution in [0.5, 0.6) is 17.2 Å². The predicted molar refractivity (Wildman–Crippen MR) is 115 cm³/mol. The van der Waals surface area contributed by atoms with Gasteiger partial charge < -0.3 is 30.2 Å². The van der Waals surface area contributed by atoms with E-state index in [4.69, 9.17) is 14.2 Å². The number of hydrogen-bond acceptors (Lipinski definition) is 8. The molecule has 0 saturated carbocycles. The number of carbonyl (C=O) groups is 1. The molecule has 156 valence electrons. The first-order valence-corrected chi connectivity index (χ1v) is 9.06. The molecule has 9 nitrogen and oxygen atoms in total. The van der Waals surface area contributed by atoms with E-state index >= 15 is 0 Å². The molecule has 9 heteroatoms. The summed E-state index contributed by atoms with van der Waals surface area (Å²) in [5.74, 6) is 2.65. The minimum absolute atomic E-state index is 0.117. The fourth-order valence-electron chi connectivity index (χ4n) is 2.78. The molecule has 3 aromatic rings. The molecule has 0 aliphatic carbocycles. The van der Waals surface area contributed by atoms with E-state index in [1.807, 2.05) is 12.1 Å². The van der Waals surface area contributed by atoms with E-state index < -0.39 is 0 Å². The number of nitrogens with one attached hydrogen (secondary N) is 3. The van der Waals surface area contributed by atoms with Gasteiger partial charge in [0.25, 0.3) is 0 Å². The van der Waals surface area contributed by atoms with Gasteiger partial charge in [-0.2, -0.15) is 0 Å². The molecule has 1 heterocycles. The minimum Gasteiger partial charge on any atom is -0.493 e. The third-order valence-electron chi connectivity index (χ3n) is 4.08. The van der Waals surface area contributed by atoms with Crippen molar-refractivity contribution in [3.05, 3.63) is 48.8 Å². The number of aromatic nitrogens is 2. The Hall–Kier alpha value is -4.01. The molecule has 0 saturated heterocycles. The molecule has 3 rings (SSSR count). The molecule has 2 aromatic carbocycles. The van der Waals surface area contributed by atoms with Crippen LogP contribution in [-0.4, -0.2) is 37.2 Å². The van der Waals surface area contributed by atoms with Crippen LogP contribution in [-0.2, 0) is 4.79 Å². The first-order valence-electron chi connectivity index (χ1n) is 9.06. The van der Waals surface area contributed by atoms with E-state index in [1.54, 1.807) is 51.7 Å². The van der Waals surface area contributed by atoms with Crippen molar-refractivity contribution in [1.29, 1.82) is 0 Å². The normalized spacial score (nSPS) is 10.1. The van der Waals surface area contributed by atoms with E-state index in [0.717, 1.165) is 11.4 Å². The quantitative estimate of drug-likeness (QED) is 0.513. The highest BCUT2D eigenvalue weighted by Gasteiger charge is 2.13. The number of ether oxygens (including phenoxy) is 3. The molecule has 0 atom stereocenters. The number of amides is 1. The first kappa shape index (κ1) is 20.7. The van der Waals surface area contributed by atoms with E-state index in [1.165, 1.54) is 13.3 Å². The summed E-state index contributed by atoms with van der Waals surface area (Å²) < 4.78 is 16.1. The molecule has 3 N–H and O–H groups in total. The van der Waals surface area contributed by atoms with Crippen molar-refractivity contribution in [2.75, 3.05) is 37.3 Å². The Kier molecular flexibility index (Phi) is 6.53. The molecule has 0 fully saturated rings. The Morgan fingerprint density at radius 2 is 1.30 bits per heavy atom. The van der Waals surface area contributed by atoms with Crippen LogP contribution in [0.25, 0.3) is 0 Å². The number of carbonyl (C=O) groups excluding carboxylic acids is 1. The Balaban J connectivity index is 1.76. The van der Waals surface area contributed by atoms with E-state index in [2.05, 4.69) is 25.9 Å². The first-order chi connectivity index (χ1) is 14.5. The molecule has 0 spiro atoms. The zero-order chi connectivity index (χ0) is 21.5. The summed E-state index contributed by atoms with van der Waals surface area (Å²) in [5, 5.41) is 9.14. The SMILES string of the molecule is COc1cc(Nc2cc(Nc3ccc(NC(C)=O)cc3)ncn2)cc(OC)c1OC. The van der Waals surface area contributed by atoms with E-state index in [0.29, 0.717) is 34.6 Å². The molecule has 1 amide bonds. The highest BCUT2D eigenvalue weighted by atomic mass is 16.5. The van der Waals surface area contributed by atoms with Gasteiger partial charge in [0, 0.05) is 42.2 Å². The number of anilines is 5. The zero-order valence-corrected chi connectivity index (χ0v) is 17.1. The van der Waals surface area contributed by atoms with Gasteiger partial charge in [0.15, 0.2) is 11.5 Å². The third kappa shape index (κ3) is 5.07. The van der Waals surface area contributed by atoms with Gasteiger partial charge in [0.1, 0.15) is 18.0 Å². The molecular weight excluding hydrogens is 386 g/mol. The molecule has 0 unspecified atom stereocenters. The third-order valence-corrected chi connectivity index (χ3v) is 4.08.